The van der Waals surface area contributed by atoms with Crippen LogP contribution < -0.4 is 5.73 Å². The number of benzene rings is 1. The fraction of sp³-hybridized carbons (Fsp3) is 0.500. The lowest BCUT2D eigenvalue weighted by molar-refractivity contribution is 0.290. The van der Waals surface area contributed by atoms with Gasteiger partial charge in [-0.2, -0.15) is 0 Å². The van der Waals surface area contributed by atoms with E-state index in [1.165, 1.54) is 5.56 Å². The average molecular weight is 193 g/mol. The van der Waals surface area contributed by atoms with Crippen LogP contribution in [0.2, 0.25) is 0 Å². The third-order valence-corrected chi connectivity index (χ3v) is 3.28. The van der Waals surface area contributed by atoms with Crippen LogP contribution in [0.25, 0.3) is 0 Å². The minimum absolute atomic E-state index is 0.134. The summed E-state index contributed by atoms with van der Waals surface area (Å²) in [5, 5.41) is 0. The zero-order chi connectivity index (χ0) is 10.2. The van der Waals surface area contributed by atoms with Crippen LogP contribution in [-0.2, 0) is 12.8 Å². The summed E-state index contributed by atoms with van der Waals surface area (Å²) in [7, 11) is 0. The first kappa shape index (κ1) is 9.66. The van der Waals surface area contributed by atoms with E-state index in [0.29, 0.717) is 6.54 Å². The maximum Gasteiger partial charge on any atom is 0.123 e. The molecule has 2 rings (SSSR count). The predicted molar refractivity (Wildman–Crippen MR) is 55.6 cm³/mol. The summed E-state index contributed by atoms with van der Waals surface area (Å²) in [4.78, 5) is 0. The van der Waals surface area contributed by atoms with Crippen LogP contribution in [0.4, 0.5) is 4.39 Å². The zero-order valence-corrected chi connectivity index (χ0v) is 8.52. The van der Waals surface area contributed by atoms with Gasteiger partial charge in [0.1, 0.15) is 5.82 Å². The molecule has 1 aliphatic rings. The largest absolute Gasteiger partial charge is 0.330 e. The standard InChI is InChI=1S/C12H16FN/c1-12(8-14)5-4-9-2-3-11(13)6-10(9)7-12/h2-3,6H,4-5,7-8,14H2,1H3. The maximum absolute atomic E-state index is 13.0. The Bertz CT molecular complexity index is 348. The maximum atomic E-state index is 13.0. The number of fused-ring (bicyclic) bond motifs is 1. The molecule has 2 N–H and O–H groups in total. The Morgan fingerprint density at radius 2 is 2.21 bits per heavy atom. The predicted octanol–water partition coefficient (Wildman–Crippen LogP) is 2.28. The number of rotatable bonds is 1. The highest BCUT2D eigenvalue weighted by atomic mass is 19.1. The molecule has 0 saturated carbocycles. The van der Waals surface area contributed by atoms with Crippen LogP contribution in [0.5, 0.6) is 0 Å². The lowest BCUT2D eigenvalue weighted by Crippen LogP contribution is -2.33. The summed E-state index contributed by atoms with van der Waals surface area (Å²) in [5.41, 5.74) is 8.34. The normalized spacial score (nSPS) is 25.9. The minimum atomic E-state index is -0.134. The third kappa shape index (κ3) is 1.67. The van der Waals surface area contributed by atoms with Gasteiger partial charge in [-0.25, -0.2) is 4.39 Å². The van der Waals surface area contributed by atoms with Crippen molar-refractivity contribution in [1.29, 1.82) is 0 Å². The molecule has 0 aromatic heterocycles. The van der Waals surface area contributed by atoms with Gasteiger partial charge in [0.05, 0.1) is 0 Å². The van der Waals surface area contributed by atoms with E-state index < -0.39 is 0 Å². The molecule has 0 bridgehead atoms. The molecule has 1 unspecified atom stereocenters. The monoisotopic (exact) mass is 193 g/mol. The first-order chi connectivity index (χ1) is 6.63. The fourth-order valence-corrected chi connectivity index (χ4v) is 2.16. The van der Waals surface area contributed by atoms with Gasteiger partial charge in [-0.1, -0.05) is 13.0 Å². The number of hydrogen-bond donors (Lipinski definition) is 1. The molecular formula is C12H16FN. The summed E-state index contributed by atoms with van der Waals surface area (Å²) in [6.45, 7) is 2.86. The number of aryl methyl sites for hydroxylation is 1. The number of halogens is 1. The molecule has 0 amide bonds. The SMILES string of the molecule is CC1(CN)CCc2ccc(F)cc2C1. The van der Waals surface area contributed by atoms with Crippen LogP contribution in [0, 0.1) is 11.2 Å². The van der Waals surface area contributed by atoms with Gasteiger partial charge in [0.15, 0.2) is 0 Å². The molecule has 0 fully saturated rings. The van der Waals surface area contributed by atoms with Gasteiger partial charge in [0.25, 0.3) is 0 Å². The summed E-state index contributed by atoms with van der Waals surface area (Å²) < 4.78 is 13.0. The smallest absolute Gasteiger partial charge is 0.123 e. The van der Waals surface area contributed by atoms with Gasteiger partial charge in [-0.05, 0) is 54.5 Å². The van der Waals surface area contributed by atoms with Gasteiger partial charge in [0, 0.05) is 0 Å². The summed E-state index contributed by atoms with van der Waals surface area (Å²) in [5.74, 6) is -0.134. The second-order valence-electron chi connectivity index (χ2n) is 4.60. The topological polar surface area (TPSA) is 26.0 Å². The van der Waals surface area contributed by atoms with E-state index in [0.717, 1.165) is 24.8 Å². The van der Waals surface area contributed by atoms with Crippen molar-refractivity contribution >= 4 is 0 Å². The molecular weight excluding hydrogens is 177 g/mol. The highest BCUT2D eigenvalue weighted by Crippen LogP contribution is 2.34. The molecule has 76 valence electrons. The van der Waals surface area contributed by atoms with Crippen molar-refractivity contribution in [3.8, 4) is 0 Å². The van der Waals surface area contributed by atoms with Crippen LogP contribution in [0.1, 0.15) is 24.5 Å². The van der Waals surface area contributed by atoms with Crippen molar-refractivity contribution in [2.75, 3.05) is 6.54 Å². The minimum Gasteiger partial charge on any atom is -0.330 e. The van der Waals surface area contributed by atoms with E-state index in [4.69, 9.17) is 5.73 Å². The van der Waals surface area contributed by atoms with Crippen molar-refractivity contribution in [1.82, 2.24) is 0 Å². The van der Waals surface area contributed by atoms with Crippen LogP contribution >= 0.6 is 0 Å². The van der Waals surface area contributed by atoms with E-state index in [1.54, 1.807) is 12.1 Å². The Kier molecular flexibility index (Phi) is 2.31. The lowest BCUT2D eigenvalue weighted by Gasteiger charge is -2.33. The summed E-state index contributed by atoms with van der Waals surface area (Å²) >= 11 is 0. The zero-order valence-electron chi connectivity index (χ0n) is 8.52. The highest BCUT2D eigenvalue weighted by Gasteiger charge is 2.28. The van der Waals surface area contributed by atoms with E-state index in [1.807, 2.05) is 6.07 Å². The highest BCUT2D eigenvalue weighted by molar-refractivity contribution is 5.31. The molecule has 1 nitrogen and oxygen atoms in total. The average Bonchev–Trinajstić information content (AvgIpc) is 2.17. The van der Waals surface area contributed by atoms with Crippen molar-refractivity contribution in [2.24, 2.45) is 11.1 Å². The Balaban J connectivity index is 2.33. The molecule has 1 aliphatic carbocycles. The van der Waals surface area contributed by atoms with E-state index in [-0.39, 0.29) is 11.2 Å². The second kappa shape index (κ2) is 3.35. The number of hydrogen-bond acceptors (Lipinski definition) is 1. The molecule has 1 aromatic rings. The molecule has 0 radical (unpaired) electrons. The summed E-state index contributed by atoms with van der Waals surface area (Å²) in [6, 6.07) is 5.10. The molecule has 1 atom stereocenters. The van der Waals surface area contributed by atoms with Gasteiger partial charge in [0.2, 0.25) is 0 Å². The van der Waals surface area contributed by atoms with Gasteiger partial charge in [-0.15, -0.1) is 0 Å². The van der Waals surface area contributed by atoms with Crippen LogP contribution in [0.15, 0.2) is 18.2 Å². The van der Waals surface area contributed by atoms with Crippen molar-refractivity contribution in [3.05, 3.63) is 35.1 Å². The molecule has 0 heterocycles. The molecule has 0 saturated heterocycles. The molecule has 0 aliphatic heterocycles. The molecule has 0 spiro atoms. The summed E-state index contributed by atoms with van der Waals surface area (Å²) in [6.07, 6.45) is 3.06. The van der Waals surface area contributed by atoms with Gasteiger partial charge < -0.3 is 5.73 Å². The van der Waals surface area contributed by atoms with Crippen molar-refractivity contribution in [2.45, 2.75) is 26.2 Å². The number of nitrogens with two attached hydrogens (primary N) is 1. The Morgan fingerprint density at radius 3 is 2.93 bits per heavy atom. The first-order valence-corrected chi connectivity index (χ1v) is 5.10. The van der Waals surface area contributed by atoms with Crippen LogP contribution in [0.3, 0.4) is 0 Å². The van der Waals surface area contributed by atoms with E-state index in [2.05, 4.69) is 6.92 Å². The van der Waals surface area contributed by atoms with Gasteiger partial charge in [-0.3, -0.25) is 0 Å². The van der Waals surface area contributed by atoms with Gasteiger partial charge >= 0.3 is 0 Å². The Labute approximate surface area is 84.1 Å². The van der Waals surface area contributed by atoms with Crippen molar-refractivity contribution in [3.63, 3.8) is 0 Å². The quantitative estimate of drug-likeness (QED) is 0.727. The second-order valence-corrected chi connectivity index (χ2v) is 4.60. The fourth-order valence-electron chi connectivity index (χ4n) is 2.16. The van der Waals surface area contributed by atoms with Crippen molar-refractivity contribution < 1.29 is 4.39 Å². The third-order valence-electron chi connectivity index (χ3n) is 3.28. The Hall–Kier alpha value is -0.890. The molecule has 2 heteroatoms. The molecule has 1 aromatic carbocycles. The van der Waals surface area contributed by atoms with E-state index in [9.17, 15) is 4.39 Å². The van der Waals surface area contributed by atoms with Crippen LogP contribution in [-0.4, -0.2) is 6.54 Å². The Morgan fingerprint density at radius 1 is 1.43 bits per heavy atom. The lowest BCUT2D eigenvalue weighted by atomic mass is 9.73. The first-order valence-electron chi connectivity index (χ1n) is 5.10. The molecule has 14 heavy (non-hydrogen) atoms. The van der Waals surface area contributed by atoms with E-state index >= 15 is 0 Å².